The summed E-state index contributed by atoms with van der Waals surface area (Å²) in [4.78, 5) is 13.9. The van der Waals surface area contributed by atoms with Crippen molar-refractivity contribution in [1.29, 1.82) is 0 Å². The van der Waals surface area contributed by atoms with Crippen LogP contribution in [0.4, 0.5) is 13.2 Å². The second-order valence-electron chi connectivity index (χ2n) is 6.61. The number of fused-ring (bicyclic) bond motifs is 1. The van der Waals surface area contributed by atoms with Gasteiger partial charge in [-0.05, 0) is 12.8 Å². The van der Waals surface area contributed by atoms with Crippen LogP contribution in [0.15, 0.2) is 12.1 Å². The van der Waals surface area contributed by atoms with Crippen LogP contribution in [0.5, 0.6) is 0 Å². The SMILES string of the molecule is O=C(c1c(F)cc(F)cc1F)N1CCC(c2nnc3n2CCNC3)CC1. The molecule has 2 aliphatic heterocycles. The van der Waals surface area contributed by atoms with Gasteiger partial charge in [-0.2, -0.15) is 0 Å². The van der Waals surface area contributed by atoms with Gasteiger partial charge in [0, 0.05) is 44.2 Å². The smallest absolute Gasteiger partial charge is 0.259 e. The van der Waals surface area contributed by atoms with Crippen molar-refractivity contribution in [2.24, 2.45) is 0 Å². The van der Waals surface area contributed by atoms with Crippen molar-refractivity contribution in [3.8, 4) is 0 Å². The van der Waals surface area contributed by atoms with Crippen LogP contribution >= 0.6 is 0 Å². The molecule has 0 unspecified atom stereocenters. The van der Waals surface area contributed by atoms with Crippen LogP contribution < -0.4 is 5.32 Å². The molecule has 1 saturated heterocycles. The average Bonchev–Trinajstić information content (AvgIpc) is 3.05. The Labute approximate surface area is 148 Å². The fraction of sp³-hybridized carbons (Fsp3) is 0.471. The monoisotopic (exact) mass is 365 g/mol. The van der Waals surface area contributed by atoms with Crippen molar-refractivity contribution in [3.05, 3.63) is 46.8 Å². The third-order valence-electron chi connectivity index (χ3n) is 5.02. The van der Waals surface area contributed by atoms with Crippen molar-refractivity contribution in [2.75, 3.05) is 19.6 Å². The number of amides is 1. The topological polar surface area (TPSA) is 63.1 Å². The fourth-order valence-corrected chi connectivity index (χ4v) is 3.66. The number of halogens is 3. The summed E-state index contributed by atoms with van der Waals surface area (Å²) in [6, 6.07) is 1.05. The van der Waals surface area contributed by atoms with Crippen molar-refractivity contribution in [2.45, 2.75) is 31.8 Å². The van der Waals surface area contributed by atoms with E-state index in [0.717, 1.165) is 24.7 Å². The molecule has 138 valence electrons. The van der Waals surface area contributed by atoms with Gasteiger partial charge < -0.3 is 14.8 Å². The Kier molecular flexibility index (Phi) is 4.39. The number of nitrogens with one attached hydrogen (secondary N) is 1. The summed E-state index contributed by atoms with van der Waals surface area (Å²) in [6.07, 6.45) is 1.28. The van der Waals surface area contributed by atoms with E-state index in [1.165, 1.54) is 4.90 Å². The Bertz CT molecular complexity index is 822. The zero-order chi connectivity index (χ0) is 18.3. The Hall–Kier alpha value is -2.42. The number of piperidine rings is 1. The van der Waals surface area contributed by atoms with Crippen LogP contribution in [0.2, 0.25) is 0 Å². The van der Waals surface area contributed by atoms with Gasteiger partial charge in [0.2, 0.25) is 0 Å². The Morgan fingerprint density at radius 1 is 1.08 bits per heavy atom. The summed E-state index contributed by atoms with van der Waals surface area (Å²) in [7, 11) is 0. The van der Waals surface area contributed by atoms with Crippen LogP contribution in [-0.4, -0.2) is 45.2 Å². The molecule has 2 aliphatic rings. The average molecular weight is 365 g/mol. The van der Waals surface area contributed by atoms with Crippen LogP contribution in [0.1, 0.15) is 40.8 Å². The van der Waals surface area contributed by atoms with Gasteiger partial charge in [0.15, 0.2) is 0 Å². The molecule has 0 saturated carbocycles. The van der Waals surface area contributed by atoms with E-state index in [1.807, 2.05) is 0 Å². The van der Waals surface area contributed by atoms with Gasteiger partial charge in [-0.15, -0.1) is 10.2 Å². The van der Waals surface area contributed by atoms with Gasteiger partial charge in [0.05, 0.1) is 6.54 Å². The molecule has 1 aromatic heterocycles. The number of rotatable bonds is 2. The number of hydrogen-bond donors (Lipinski definition) is 1. The molecule has 1 N–H and O–H groups in total. The molecule has 2 aromatic rings. The molecule has 9 heteroatoms. The first-order valence-electron chi connectivity index (χ1n) is 8.61. The maximum Gasteiger partial charge on any atom is 0.259 e. The first-order valence-corrected chi connectivity index (χ1v) is 8.61. The maximum atomic E-state index is 13.9. The van der Waals surface area contributed by atoms with Crippen molar-refractivity contribution in [3.63, 3.8) is 0 Å². The molecular formula is C17H18F3N5O. The Morgan fingerprint density at radius 3 is 2.46 bits per heavy atom. The number of carbonyl (C=O) groups excluding carboxylic acids is 1. The number of hydrogen-bond acceptors (Lipinski definition) is 4. The minimum Gasteiger partial charge on any atom is -0.338 e. The standard InChI is InChI=1S/C17H18F3N5O/c18-11-7-12(19)15(13(20)8-11)17(26)24-4-1-10(2-5-24)16-23-22-14-9-21-3-6-25(14)16/h7-8,10,21H,1-6,9H2. The summed E-state index contributed by atoms with van der Waals surface area (Å²) in [5.74, 6) is -2.16. The summed E-state index contributed by atoms with van der Waals surface area (Å²) >= 11 is 0. The molecule has 26 heavy (non-hydrogen) atoms. The molecule has 1 aromatic carbocycles. The van der Waals surface area contributed by atoms with E-state index in [0.29, 0.717) is 44.6 Å². The van der Waals surface area contributed by atoms with Gasteiger partial charge >= 0.3 is 0 Å². The minimum atomic E-state index is -1.17. The Morgan fingerprint density at radius 2 is 1.77 bits per heavy atom. The molecule has 0 bridgehead atoms. The molecule has 4 rings (SSSR count). The third-order valence-corrected chi connectivity index (χ3v) is 5.02. The van der Waals surface area contributed by atoms with E-state index in [9.17, 15) is 18.0 Å². The normalized spacial score (nSPS) is 18.0. The number of nitrogens with zero attached hydrogens (tertiary/aromatic N) is 4. The number of carbonyl (C=O) groups is 1. The predicted octanol–water partition coefficient (Wildman–Crippen LogP) is 1.82. The van der Waals surface area contributed by atoms with Crippen LogP contribution in [0.3, 0.4) is 0 Å². The lowest BCUT2D eigenvalue weighted by Crippen LogP contribution is -2.39. The molecule has 1 fully saturated rings. The van der Waals surface area contributed by atoms with Crippen molar-refractivity contribution in [1.82, 2.24) is 25.0 Å². The van der Waals surface area contributed by atoms with Crippen molar-refractivity contribution >= 4 is 5.91 Å². The van der Waals surface area contributed by atoms with Gasteiger partial charge in [-0.1, -0.05) is 0 Å². The van der Waals surface area contributed by atoms with Crippen LogP contribution in [0.25, 0.3) is 0 Å². The second kappa shape index (κ2) is 6.71. The number of benzene rings is 1. The first-order chi connectivity index (χ1) is 12.5. The highest BCUT2D eigenvalue weighted by atomic mass is 19.1. The highest BCUT2D eigenvalue weighted by molar-refractivity contribution is 5.94. The molecule has 3 heterocycles. The van der Waals surface area contributed by atoms with Crippen molar-refractivity contribution < 1.29 is 18.0 Å². The molecule has 0 radical (unpaired) electrons. The van der Waals surface area contributed by atoms with Gasteiger partial charge in [-0.3, -0.25) is 4.79 Å². The van der Waals surface area contributed by atoms with Gasteiger partial charge in [0.1, 0.15) is 34.7 Å². The van der Waals surface area contributed by atoms with Gasteiger partial charge in [0.25, 0.3) is 5.91 Å². The highest BCUT2D eigenvalue weighted by Crippen LogP contribution is 2.29. The lowest BCUT2D eigenvalue weighted by atomic mass is 9.95. The number of likely N-dealkylation sites (tertiary alicyclic amines) is 1. The largest absolute Gasteiger partial charge is 0.338 e. The first kappa shape index (κ1) is 17.0. The molecule has 0 atom stereocenters. The molecule has 1 amide bonds. The lowest BCUT2D eigenvalue weighted by molar-refractivity contribution is 0.0700. The molecule has 0 spiro atoms. The van der Waals surface area contributed by atoms with E-state index in [-0.39, 0.29) is 5.92 Å². The third kappa shape index (κ3) is 2.96. The zero-order valence-corrected chi connectivity index (χ0v) is 14.0. The summed E-state index contributed by atoms with van der Waals surface area (Å²) in [5, 5.41) is 11.7. The molecular weight excluding hydrogens is 347 g/mol. The lowest BCUT2D eigenvalue weighted by Gasteiger charge is -2.32. The number of aromatic nitrogens is 3. The molecule has 0 aliphatic carbocycles. The van der Waals surface area contributed by atoms with E-state index >= 15 is 0 Å². The molecule has 6 nitrogen and oxygen atoms in total. The summed E-state index contributed by atoms with van der Waals surface area (Å²) in [6.45, 7) is 3.08. The quantitative estimate of drug-likeness (QED) is 0.882. The van der Waals surface area contributed by atoms with Crippen LogP contribution in [0, 0.1) is 17.5 Å². The zero-order valence-electron chi connectivity index (χ0n) is 14.0. The summed E-state index contributed by atoms with van der Waals surface area (Å²) < 4.78 is 42.8. The van der Waals surface area contributed by atoms with E-state index in [1.54, 1.807) is 0 Å². The maximum absolute atomic E-state index is 13.9. The highest BCUT2D eigenvalue weighted by Gasteiger charge is 2.31. The van der Waals surface area contributed by atoms with Gasteiger partial charge in [-0.25, -0.2) is 13.2 Å². The van der Waals surface area contributed by atoms with E-state index < -0.39 is 28.9 Å². The minimum absolute atomic E-state index is 0.154. The Balaban J connectivity index is 1.47. The van der Waals surface area contributed by atoms with E-state index in [2.05, 4.69) is 20.1 Å². The summed E-state index contributed by atoms with van der Waals surface area (Å²) in [5.41, 5.74) is -0.698. The van der Waals surface area contributed by atoms with Crippen LogP contribution in [-0.2, 0) is 13.1 Å². The van der Waals surface area contributed by atoms with E-state index in [4.69, 9.17) is 0 Å². The predicted molar refractivity (Wildman–Crippen MR) is 85.9 cm³/mol. The second-order valence-corrected chi connectivity index (χ2v) is 6.61. The fourth-order valence-electron chi connectivity index (χ4n) is 3.66.